The van der Waals surface area contributed by atoms with Crippen molar-refractivity contribution in [2.45, 2.75) is 51.9 Å². The van der Waals surface area contributed by atoms with E-state index in [1.165, 1.54) is 12.3 Å². The average Bonchev–Trinajstić information content (AvgIpc) is 3.50. The first kappa shape index (κ1) is 29.0. The second kappa shape index (κ2) is 12.6. The zero-order chi connectivity index (χ0) is 29.8. The number of rotatable bonds is 10. The van der Waals surface area contributed by atoms with Gasteiger partial charge in [0, 0.05) is 37.5 Å². The monoisotopic (exact) mass is 576 g/mol. The Balaban J connectivity index is 1.59. The van der Waals surface area contributed by atoms with E-state index < -0.39 is 35.0 Å². The van der Waals surface area contributed by atoms with Crippen molar-refractivity contribution in [1.29, 1.82) is 0 Å². The van der Waals surface area contributed by atoms with Gasteiger partial charge in [-0.25, -0.2) is 8.78 Å². The Morgan fingerprint density at radius 3 is 2.52 bits per heavy atom. The number of pyridine rings is 1. The number of carbonyl (C=O) groups excluding carboxylic acids is 2. The molecular formula is C32H34F2N4O4. The second-order valence-electron chi connectivity index (χ2n) is 10.6. The number of aromatic nitrogens is 1. The Bertz CT molecular complexity index is 1540. The van der Waals surface area contributed by atoms with Crippen LogP contribution in [-0.4, -0.2) is 40.6 Å². The highest BCUT2D eigenvalue weighted by molar-refractivity contribution is 5.99. The molecule has 0 saturated heterocycles. The van der Waals surface area contributed by atoms with Gasteiger partial charge in [-0.2, -0.15) is 0 Å². The van der Waals surface area contributed by atoms with E-state index in [2.05, 4.69) is 11.9 Å². The molecule has 0 spiro atoms. The largest absolute Gasteiger partial charge is 0.482 e. The Labute approximate surface area is 243 Å². The Morgan fingerprint density at radius 2 is 1.86 bits per heavy atom. The summed E-state index contributed by atoms with van der Waals surface area (Å²) in [6.45, 7) is 6.52. The molecule has 2 aliphatic rings. The second-order valence-corrected chi connectivity index (χ2v) is 10.6. The van der Waals surface area contributed by atoms with Crippen molar-refractivity contribution in [3.8, 4) is 5.75 Å². The van der Waals surface area contributed by atoms with Gasteiger partial charge in [0.1, 0.15) is 30.0 Å². The van der Waals surface area contributed by atoms with Gasteiger partial charge in [-0.1, -0.05) is 55.8 Å². The number of nitrogens with zero attached hydrogens (tertiary/aromatic N) is 3. The van der Waals surface area contributed by atoms with Crippen LogP contribution in [-0.2, 0) is 13.2 Å². The van der Waals surface area contributed by atoms with Crippen LogP contribution >= 0.6 is 0 Å². The van der Waals surface area contributed by atoms with Crippen LogP contribution < -0.4 is 20.5 Å². The molecule has 1 fully saturated rings. The molecule has 1 aliphatic heterocycles. The van der Waals surface area contributed by atoms with Crippen molar-refractivity contribution in [2.24, 2.45) is 5.92 Å². The van der Waals surface area contributed by atoms with Crippen LogP contribution in [0, 0.1) is 17.6 Å². The van der Waals surface area contributed by atoms with Crippen molar-refractivity contribution < 1.29 is 23.1 Å². The molecule has 1 saturated carbocycles. The van der Waals surface area contributed by atoms with Gasteiger partial charge in [-0.15, -0.1) is 0 Å². The maximum atomic E-state index is 14.2. The van der Waals surface area contributed by atoms with Crippen LogP contribution in [0.2, 0.25) is 0 Å². The lowest BCUT2D eigenvalue weighted by Gasteiger charge is -2.46. The lowest BCUT2D eigenvalue weighted by atomic mass is 10.1. The third-order valence-corrected chi connectivity index (χ3v) is 7.91. The topological polar surface area (TPSA) is 83.9 Å². The van der Waals surface area contributed by atoms with Crippen LogP contribution in [0.25, 0.3) is 0 Å². The molecule has 2 aromatic carbocycles. The lowest BCUT2D eigenvalue weighted by Crippen LogP contribution is -2.61. The highest BCUT2D eigenvalue weighted by Gasteiger charge is 2.40. The number of likely N-dealkylation sites (N-methyl/N-ethyl adjacent to an activating group) is 1. The molecule has 8 nitrogen and oxygen atoms in total. The average molecular weight is 577 g/mol. The van der Waals surface area contributed by atoms with Crippen molar-refractivity contribution >= 4 is 11.8 Å². The summed E-state index contributed by atoms with van der Waals surface area (Å²) in [6, 6.07) is 12.2. The molecule has 42 heavy (non-hydrogen) atoms. The number of ether oxygens (including phenoxy) is 1. The molecule has 10 heteroatoms. The van der Waals surface area contributed by atoms with E-state index in [4.69, 9.17) is 4.74 Å². The smallest absolute Gasteiger partial charge is 0.278 e. The Morgan fingerprint density at radius 1 is 1.12 bits per heavy atom. The first-order valence-electron chi connectivity index (χ1n) is 14.2. The summed E-state index contributed by atoms with van der Waals surface area (Å²) in [6.07, 6.45) is 6.82. The molecule has 220 valence electrons. The summed E-state index contributed by atoms with van der Waals surface area (Å²) in [4.78, 5) is 42.8. The predicted molar refractivity (Wildman–Crippen MR) is 155 cm³/mol. The molecule has 1 atom stereocenters. The van der Waals surface area contributed by atoms with Crippen molar-refractivity contribution in [1.82, 2.24) is 14.9 Å². The highest BCUT2D eigenvalue weighted by Crippen LogP contribution is 2.31. The summed E-state index contributed by atoms with van der Waals surface area (Å²) in [5.41, 5.74) is -0.140. The van der Waals surface area contributed by atoms with Crippen LogP contribution in [0.15, 0.2) is 72.2 Å². The predicted octanol–water partition coefficient (Wildman–Crippen LogP) is 4.75. The SMILES string of the molecule is C=C[C@H]1N(CC)C(=O)c2c(OCc3ccccc3)c(=O)c(C(=O)NCc3ccc(F)cc3F)cn2N1CC1CCCC1. The summed E-state index contributed by atoms with van der Waals surface area (Å²) in [5.74, 6) is -2.61. The third-order valence-electron chi connectivity index (χ3n) is 7.91. The highest BCUT2D eigenvalue weighted by atomic mass is 19.1. The zero-order valence-electron chi connectivity index (χ0n) is 23.5. The number of carbonyl (C=O) groups is 2. The van der Waals surface area contributed by atoms with Crippen LogP contribution in [0.4, 0.5) is 8.78 Å². The number of amides is 2. The minimum absolute atomic E-state index is 0.00185. The maximum Gasteiger partial charge on any atom is 0.278 e. The van der Waals surface area contributed by atoms with Gasteiger partial charge >= 0.3 is 0 Å². The lowest BCUT2D eigenvalue weighted by molar-refractivity contribution is 0.0622. The summed E-state index contributed by atoms with van der Waals surface area (Å²) in [5, 5.41) is 4.52. The molecule has 5 rings (SSSR count). The molecule has 1 aliphatic carbocycles. The van der Waals surface area contributed by atoms with Crippen molar-refractivity contribution in [2.75, 3.05) is 18.1 Å². The molecule has 2 heterocycles. The minimum atomic E-state index is -0.814. The van der Waals surface area contributed by atoms with Gasteiger partial charge in [0.2, 0.25) is 5.43 Å². The third kappa shape index (κ3) is 5.79. The fourth-order valence-corrected chi connectivity index (χ4v) is 5.72. The van der Waals surface area contributed by atoms with E-state index in [0.717, 1.165) is 43.4 Å². The molecule has 1 aromatic heterocycles. The minimum Gasteiger partial charge on any atom is -0.482 e. The molecule has 1 N–H and O–H groups in total. The normalized spacial score (nSPS) is 16.8. The first-order valence-corrected chi connectivity index (χ1v) is 14.2. The van der Waals surface area contributed by atoms with E-state index in [9.17, 15) is 23.2 Å². The van der Waals surface area contributed by atoms with Crippen LogP contribution in [0.5, 0.6) is 5.75 Å². The summed E-state index contributed by atoms with van der Waals surface area (Å²) < 4.78 is 35.2. The van der Waals surface area contributed by atoms with Crippen molar-refractivity contribution in [3.05, 3.63) is 112 Å². The Kier molecular flexibility index (Phi) is 8.70. The Hall–Kier alpha value is -4.47. The van der Waals surface area contributed by atoms with E-state index in [1.807, 2.05) is 42.3 Å². The fraction of sp³-hybridized carbons (Fsp3) is 0.344. The van der Waals surface area contributed by atoms with E-state index in [1.54, 1.807) is 15.7 Å². The summed E-state index contributed by atoms with van der Waals surface area (Å²) >= 11 is 0. The van der Waals surface area contributed by atoms with Crippen LogP contribution in [0.1, 0.15) is 64.6 Å². The van der Waals surface area contributed by atoms with E-state index >= 15 is 0 Å². The maximum absolute atomic E-state index is 14.2. The number of hydrogen-bond donors (Lipinski definition) is 1. The van der Waals surface area contributed by atoms with Gasteiger partial charge in [0.15, 0.2) is 11.4 Å². The number of hydrogen-bond acceptors (Lipinski definition) is 5. The number of nitrogens with one attached hydrogen (secondary N) is 1. The number of fused-ring (bicyclic) bond motifs is 1. The van der Waals surface area contributed by atoms with Gasteiger partial charge in [0.05, 0.1) is 0 Å². The van der Waals surface area contributed by atoms with Gasteiger partial charge in [-0.05, 0) is 43.4 Å². The number of halogens is 2. The molecule has 3 aromatic rings. The van der Waals surface area contributed by atoms with Gasteiger partial charge < -0.3 is 15.0 Å². The fourth-order valence-electron chi connectivity index (χ4n) is 5.72. The first-order chi connectivity index (χ1) is 20.3. The van der Waals surface area contributed by atoms with Crippen LogP contribution in [0.3, 0.4) is 0 Å². The quantitative estimate of drug-likeness (QED) is 0.352. The molecule has 0 bridgehead atoms. The van der Waals surface area contributed by atoms with Gasteiger partial charge in [0.25, 0.3) is 11.8 Å². The molecule has 0 unspecified atom stereocenters. The standard InChI is InChI=1S/C32H34F2N4O4/c1-3-27-36(4-2)32(41)28-30(42-20-22-12-6-5-7-13-22)29(39)25(19-38(28)37(27)18-21-10-8-9-11-21)31(40)35-17-23-14-15-24(33)16-26(23)34/h3,5-7,12-16,19,21,27H,1,4,8-11,17-18,20H2,2H3,(H,35,40)/t27-/m0/s1. The van der Waals surface area contributed by atoms with Gasteiger partial charge in [-0.3, -0.25) is 24.1 Å². The van der Waals surface area contributed by atoms with Crippen molar-refractivity contribution in [3.63, 3.8) is 0 Å². The number of benzene rings is 2. The summed E-state index contributed by atoms with van der Waals surface area (Å²) in [7, 11) is 0. The molecule has 2 amide bonds. The molecular weight excluding hydrogens is 542 g/mol. The van der Waals surface area contributed by atoms with E-state index in [-0.39, 0.29) is 35.7 Å². The zero-order valence-corrected chi connectivity index (χ0v) is 23.5. The molecule has 0 radical (unpaired) electrons. The van der Waals surface area contributed by atoms with E-state index in [0.29, 0.717) is 19.0 Å².